The lowest BCUT2D eigenvalue weighted by molar-refractivity contribution is 0.514. The Morgan fingerprint density at radius 1 is 1.18 bits per heavy atom. The van der Waals surface area contributed by atoms with Gasteiger partial charge in [0.15, 0.2) is 0 Å². The van der Waals surface area contributed by atoms with Gasteiger partial charge in [-0.2, -0.15) is 0 Å². The van der Waals surface area contributed by atoms with Gasteiger partial charge in [-0.3, -0.25) is 0 Å². The van der Waals surface area contributed by atoms with Gasteiger partial charge in [0, 0.05) is 6.04 Å². The van der Waals surface area contributed by atoms with E-state index in [4.69, 9.17) is 0 Å². The van der Waals surface area contributed by atoms with E-state index in [-0.39, 0.29) is 0 Å². The zero-order valence-corrected chi connectivity index (χ0v) is 8.11. The zero-order chi connectivity index (χ0) is 8.53. The van der Waals surface area contributed by atoms with Crippen LogP contribution in [-0.4, -0.2) is 25.7 Å². The molecule has 0 spiro atoms. The molecule has 1 unspecified atom stereocenters. The summed E-state index contributed by atoms with van der Waals surface area (Å²) in [4.78, 5) is 0. The van der Waals surface area contributed by atoms with Gasteiger partial charge >= 0.3 is 0 Å². The largest absolute Gasteiger partial charge is 0.317 e. The summed E-state index contributed by atoms with van der Waals surface area (Å²) in [5.41, 5.74) is 0. The van der Waals surface area contributed by atoms with E-state index in [0.29, 0.717) is 6.04 Å². The first kappa shape index (κ1) is 10.9. The van der Waals surface area contributed by atoms with Gasteiger partial charge < -0.3 is 10.6 Å². The summed E-state index contributed by atoms with van der Waals surface area (Å²) < 4.78 is 0. The van der Waals surface area contributed by atoms with Crippen LogP contribution in [0.15, 0.2) is 0 Å². The second-order valence-corrected chi connectivity index (χ2v) is 2.97. The van der Waals surface area contributed by atoms with Crippen molar-refractivity contribution in [2.45, 2.75) is 39.7 Å². The Bertz CT molecular complexity index is 74.0. The molecule has 0 saturated carbocycles. The molecular formula is C9H22N2. The smallest absolute Gasteiger partial charge is 0.00361 e. The van der Waals surface area contributed by atoms with Crippen LogP contribution in [0.4, 0.5) is 0 Å². The summed E-state index contributed by atoms with van der Waals surface area (Å²) in [5.74, 6) is 0. The predicted octanol–water partition coefficient (Wildman–Crippen LogP) is 1.37. The highest BCUT2D eigenvalue weighted by Crippen LogP contribution is 1.86. The number of hydrogen-bond donors (Lipinski definition) is 2. The van der Waals surface area contributed by atoms with Gasteiger partial charge in [0.2, 0.25) is 0 Å². The van der Waals surface area contributed by atoms with Crippen LogP contribution in [0.5, 0.6) is 0 Å². The lowest BCUT2D eigenvalue weighted by atomic mass is 10.2. The van der Waals surface area contributed by atoms with Crippen LogP contribution in [-0.2, 0) is 0 Å². The molecule has 0 bridgehead atoms. The highest BCUT2D eigenvalue weighted by Gasteiger charge is 1.94. The first-order valence-corrected chi connectivity index (χ1v) is 4.75. The lowest BCUT2D eigenvalue weighted by Gasteiger charge is -2.10. The molecule has 0 aromatic heterocycles. The molecule has 2 N–H and O–H groups in total. The highest BCUT2D eigenvalue weighted by atomic mass is 14.9. The molecule has 2 nitrogen and oxygen atoms in total. The molecule has 0 rings (SSSR count). The van der Waals surface area contributed by atoms with Crippen molar-refractivity contribution in [2.24, 2.45) is 0 Å². The number of rotatable bonds is 7. The third kappa shape index (κ3) is 7.82. The molecule has 0 radical (unpaired) electrons. The van der Waals surface area contributed by atoms with Gasteiger partial charge in [-0.1, -0.05) is 13.8 Å². The van der Waals surface area contributed by atoms with Gasteiger partial charge in [0.1, 0.15) is 0 Å². The maximum atomic E-state index is 3.45. The van der Waals surface area contributed by atoms with Gasteiger partial charge in [-0.15, -0.1) is 0 Å². The molecule has 0 aliphatic carbocycles. The van der Waals surface area contributed by atoms with Crippen LogP contribution in [0.1, 0.15) is 33.6 Å². The van der Waals surface area contributed by atoms with Crippen molar-refractivity contribution in [3.8, 4) is 0 Å². The van der Waals surface area contributed by atoms with Crippen molar-refractivity contribution in [1.29, 1.82) is 0 Å². The first-order chi connectivity index (χ1) is 5.31. The highest BCUT2D eigenvalue weighted by molar-refractivity contribution is 4.57. The summed E-state index contributed by atoms with van der Waals surface area (Å²) >= 11 is 0. The lowest BCUT2D eigenvalue weighted by Crippen LogP contribution is -2.28. The minimum atomic E-state index is 0.677. The predicted molar refractivity (Wildman–Crippen MR) is 50.9 cm³/mol. The van der Waals surface area contributed by atoms with Crippen molar-refractivity contribution in [3.05, 3.63) is 0 Å². The Kier molecular flexibility index (Phi) is 7.96. The van der Waals surface area contributed by atoms with Crippen molar-refractivity contribution in [2.75, 3.05) is 19.6 Å². The van der Waals surface area contributed by atoms with Gasteiger partial charge in [0.25, 0.3) is 0 Å². The van der Waals surface area contributed by atoms with Crippen LogP contribution >= 0.6 is 0 Å². The van der Waals surface area contributed by atoms with Crippen LogP contribution in [0.2, 0.25) is 0 Å². The monoisotopic (exact) mass is 158 g/mol. The molecule has 0 fully saturated rings. The summed E-state index contributed by atoms with van der Waals surface area (Å²) in [6.07, 6.45) is 2.46. The molecule has 0 heterocycles. The molecule has 0 aliphatic heterocycles. The zero-order valence-electron chi connectivity index (χ0n) is 8.11. The van der Waals surface area contributed by atoms with E-state index in [9.17, 15) is 0 Å². The maximum absolute atomic E-state index is 3.45. The standard InChI is InChI=1S/C9H22N2/c1-4-9(3)11-8-6-7-10-5-2/h9-11H,4-8H2,1-3H3. The Morgan fingerprint density at radius 2 is 1.91 bits per heavy atom. The summed E-state index contributed by atoms with van der Waals surface area (Å²) in [7, 11) is 0. The summed E-state index contributed by atoms with van der Waals surface area (Å²) in [5, 5.41) is 6.75. The van der Waals surface area contributed by atoms with Crippen LogP contribution < -0.4 is 10.6 Å². The molecule has 0 saturated heterocycles. The van der Waals surface area contributed by atoms with E-state index in [0.717, 1.165) is 19.6 Å². The summed E-state index contributed by atoms with van der Waals surface area (Å²) in [6, 6.07) is 0.677. The third-order valence-corrected chi connectivity index (χ3v) is 1.89. The van der Waals surface area contributed by atoms with E-state index in [1.165, 1.54) is 12.8 Å². The first-order valence-electron chi connectivity index (χ1n) is 4.75. The van der Waals surface area contributed by atoms with Crippen molar-refractivity contribution in [3.63, 3.8) is 0 Å². The molecule has 0 aliphatic rings. The Balaban J connectivity index is 2.89. The second-order valence-electron chi connectivity index (χ2n) is 2.97. The van der Waals surface area contributed by atoms with Gasteiger partial charge in [0.05, 0.1) is 0 Å². The van der Waals surface area contributed by atoms with Crippen LogP contribution in [0.3, 0.4) is 0 Å². The van der Waals surface area contributed by atoms with Crippen LogP contribution in [0, 0.1) is 0 Å². The summed E-state index contributed by atoms with van der Waals surface area (Å²) in [6.45, 7) is 9.95. The molecular weight excluding hydrogens is 136 g/mol. The van der Waals surface area contributed by atoms with E-state index in [1.807, 2.05) is 0 Å². The van der Waals surface area contributed by atoms with Gasteiger partial charge in [-0.25, -0.2) is 0 Å². The fourth-order valence-corrected chi connectivity index (χ4v) is 0.883. The average Bonchev–Trinajstić information content (AvgIpc) is 2.04. The maximum Gasteiger partial charge on any atom is 0.00361 e. The van der Waals surface area contributed by atoms with E-state index >= 15 is 0 Å². The van der Waals surface area contributed by atoms with E-state index in [2.05, 4.69) is 31.4 Å². The molecule has 11 heavy (non-hydrogen) atoms. The number of hydrogen-bond acceptors (Lipinski definition) is 2. The Morgan fingerprint density at radius 3 is 2.45 bits per heavy atom. The second kappa shape index (κ2) is 8.02. The Hall–Kier alpha value is -0.0800. The third-order valence-electron chi connectivity index (χ3n) is 1.89. The minimum absolute atomic E-state index is 0.677. The molecule has 0 aromatic rings. The fourth-order valence-electron chi connectivity index (χ4n) is 0.883. The SMILES string of the molecule is CCNCCCNC(C)CC. The van der Waals surface area contributed by atoms with Crippen molar-refractivity contribution >= 4 is 0 Å². The topological polar surface area (TPSA) is 24.1 Å². The quantitative estimate of drug-likeness (QED) is 0.547. The van der Waals surface area contributed by atoms with Crippen LogP contribution in [0.25, 0.3) is 0 Å². The van der Waals surface area contributed by atoms with Crippen molar-refractivity contribution in [1.82, 2.24) is 10.6 Å². The molecule has 68 valence electrons. The fraction of sp³-hybridized carbons (Fsp3) is 1.00. The Labute approximate surface area is 70.8 Å². The van der Waals surface area contributed by atoms with E-state index in [1.54, 1.807) is 0 Å². The molecule has 2 heteroatoms. The minimum Gasteiger partial charge on any atom is -0.317 e. The average molecular weight is 158 g/mol. The molecule has 0 amide bonds. The molecule has 0 aromatic carbocycles. The molecule has 1 atom stereocenters. The normalized spacial score (nSPS) is 13.4. The van der Waals surface area contributed by atoms with Gasteiger partial charge in [-0.05, 0) is 39.4 Å². The number of nitrogens with one attached hydrogen (secondary N) is 2. The van der Waals surface area contributed by atoms with E-state index < -0.39 is 0 Å². The van der Waals surface area contributed by atoms with Crippen molar-refractivity contribution < 1.29 is 0 Å².